The Morgan fingerprint density at radius 1 is 1.04 bits per heavy atom. The van der Waals surface area contributed by atoms with E-state index in [2.05, 4.69) is 31.4 Å². The molecule has 0 heterocycles. The number of carbonyl (C=O) groups excluding carboxylic acids is 2. The molecule has 132 valence electrons. The Morgan fingerprint density at radius 3 is 2.04 bits per heavy atom. The summed E-state index contributed by atoms with van der Waals surface area (Å²) in [7, 11) is 0. The van der Waals surface area contributed by atoms with E-state index in [1.54, 1.807) is 24.3 Å². The molecular formula is C19H28N2O3. The highest BCUT2D eigenvalue weighted by atomic mass is 16.3. The van der Waals surface area contributed by atoms with Crippen molar-refractivity contribution in [2.45, 2.75) is 46.1 Å². The fourth-order valence-electron chi connectivity index (χ4n) is 2.80. The highest BCUT2D eigenvalue weighted by molar-refractivity contribution is 5.97. The molecule has 1 fully saturated rings. The van der Waals surface area contributed by atoms with Gasteiger partial charge in [-0.25, -0.2) is 0 Å². The zero-order valence-electron chi connectivity index (χ0n) is 14.8. The van der Waals surface area contributed by atoms with Gasteiger partial charge in [0.25, 0.3) is 11.8 Å². The minimum Gasteiger partial charge on any atom is -0.393 e. The number of carbonyl (C=O) groups is 2. The number of hydrogen-bond acceptors (Lipinski definition) is 3. The second kappa shape index (κ2) is 7.79. The predicted molar refractivity (Wildman–Crippen MR) is 93.9 cm³/mol. The zero-order valence-corrected chi connectivity index (χ0v) is 14.8. The number of amides is 2. The number of rotatable bonds is 5. The lowest BCUT2D eigenvalue weighted by atomic mass is 9.97. The lowest BCUT2D eigenvalue weighted by molar-refractivity contribution is 0.0911. The van der Waals surface area contributed by atoms with Gasteiger partial charge >= 0.3 is 0 Å². The van der Waals surface area contributed by atoms with E-state index in [1.165, 1.54) is 0 Å². The second-order valence-electron chi connectivity index (χ2n) is 7.79. The molecule has 0 bridgehead atoms. The van der Waals surface area contributed by atoms with Gasteiger partial charge < -0.3 is 15.7 Å². The van der Waals surface area contributed by atoms with Crippen LogP contribution in [0, 0.1) is 11.3 Å². The molecule has 2 amide bonds. The van der Waals surface area contributed by atoms with Crippen LogP contribution in [0.3, 0.4) is 0 Å². The average Bonchev–Trinajstić information content (AvgIpc) is 2.95. The minimum atomic E-state index is -0.306. The summed E-state index contributed by atoms with van der Waals surface area (Å²) in [4.78, 5) is 24.2. The predicted octanol–water partition coefficient (Wildman–Crippen LogP) is 2.35. The van der Waals surface area contributed by atoms with E-state index in [9.17, 15) is 14.7 Å². The highest BCUT2D eigenvalue weighted by Gasteiger charge is 2.25. The summed E-state index contributed by atoms with van der Waals surface area (Å²) in [5, 5.41) is 15.5. The first-order chi connectivity index (χ1) is 11.3. The van der Waals surface area contributed by atoms with Crippen LogP contribution in [0.25, 0.3) is 0 Å². The molecule has 1 aliphatic carbocycles. The van der Waals surface area contributed by atoms with Crippen molar-refractivity contribution >= 4 is 11.8 Å². The van der Waals surface area contributed by atoms with Crippen LogP contribution >= 0.6 is 0 Å². The highest BCUT2D eigenvalue weighted by Crippen LogP contribution is 2.24. The molecule has 5 nitrogen and oxygen atoms in total. The number of aliphatic hydroxyl groups is 1. The zero-order chi connectivity index (χ0) is 17.7. The molecule has 24 heavy (non-hydrogen) atoms. The molecular weight excluding hydrogens is 304 g/mol. The van der Waals surface area contributed by atoms with Gasteiger partial charge in [0.2, 0.25) is 0 Å². The number of aliphatic hydroxyl groups excluding tert-OH is 1. The minimum absolute atomic E-state index is 0.0281. The third-order valence-electron chi connectivity index (χ3n) is 4.33. The summed E-state index contributed by atoms with van der Waals surface area (Å²) < 4.78 is 0. The third-order valence-corrected chi connectivity index (χ3v) is 4.33. The SMILES string of the molecule is CC(C)(C)CNC(=O)c1ccc(C(=O)NCC2CCCC2O)cc1. The topological polar surface area (TPSA) is 78.4 Å². The normalized spacial score (nSPS) is 20.7. The van der Waals surface area contributed by atoms with Crippen LogP contribution in [0.4, 0.5) is 0 Å². The van der Waals surface area contributed by atoms with Crippen LogP contribution in [-0.2, 0) is 0 Å². The summed E-state index contributed by atoms with van der Waals surface area (Å²) in [6.45, 7) is 7.26. The van der Waals surface area contributed by atoms with E-state index in [0.717, 1.165) is 19.3 Å². The molecule has 1 aromatic carbocycles. The maximum absolute atomic E-state index is 12.2. The average molecular weight is 332 g/mol. The van der Waals surface area contributed by atoms with Crippen molar-refractivity contribution in [3.05, 3.63) is 35.4 Å². The lowest BCUT2D eigenvalue weighted by Gasteiger charge is -2.18. The van der Waals surface area contributed by atoms with Gasteiger partial charge in [-0.05, 0) is 42.5 Å². The first-order valence-corrected chi connectivity index (χ1v) is 8.61. The largest absolute Gasteiger partial charge is 0.393 e. The summed E-state index contributed by atoms with van der Waals surface area (Å²) in [5.41, 5.74) is 1.09. The number of nitrogens with one attached hydrogen (secondary N) is 2. The first-order valence-electron chi connectivity index (χ1n) is 8.61. The Hall–Kier alpha value is -1.88. The molecule has 2 rings (SSSR count). The molecule has 1 aliphatic rings. The monoisotopic (exact) mass is 332 g/mol. The molecule has 1 saturated carbocycles. The quantitative estimate of drug-likeness (QED) is 0.774. The second-order valence-corrected chi connectivity index (χ2v) is 7.79. The van der Waals surface area contributed by atoms with E-state index in [4.69, 9.17) is 0 Å². The summed E-state index contributed by atoms with van der Waals surface area (Å²) in [6, 6.07) is 6.65. The summed E-state index contributed by atoms with van der Waals surface area (Å²) in [6.07, 6.45) is 2.48. The van der Waals surface area contributed by atoms with E-state index in [1.807, 2.05) is 0 Å². The van der Waals surface area contributed by atoms with Gasteiger partial charge in [-0.2, -0.15) is 0 Å². The van der Waals surface area contributed by atoms with E-state index in [-0.39, 0.29) is 29.3 Å². The molecule has 2 unspecified atom stereocenters. The van der Waals surface area contributed by atoms with Crippen molar-refractivity contribution in [3.8, 4) is 0 Å². The van der Waals surface area contributed by atoms with Gasteiger partial charge in [-0.1, -0.05) is 27.2 Å². The van der Waals surface area contributed by atoms with Crippen LogP contribution in [0.1, 0.15) is 60.7 Å². The Labute approximate surface area is 143 Å². The molecule has 0 spiro atoms. The molecule has 0 aliphatic heterocycles. The molecule has 1 aromatic rings. The Bertz CT molecular complexity index is 575. The van der Waals surface area contributed by atoms with E-state index >= 15 is 0 Å². The van der Waals surface area contributed by atoms with Gasteiger partial charge in [0.05, 0.1) is 6.10 Å². The van der Waals surface area contributed by atoms with Crippen LogP contribution < -0.4 is 10.6 Å². The van der Waals surface area contributed by atoms with Crippen molar-refractivity contribution < 1.29 is 14.7 Å². The third kappa shape index (κ3) is 5.34. The standard InChI is InChI=1S/C19H28N2O3/c1-19(2,3)12-21-18(24)14-9-7-13(8-10-14)17(23)20-11-15-5-4-6-16(15)22/h7-10,15-16,22H,4-6,11-12H2,1-3H3,(H,20,23)(H,21,24). The van der Waals surface area contributed by atoms with E-state index < -0.39 is 0 Å². The van der Waals surface area contributed by atoms with Crippen molar-refractivity contribution in [2.75, 3.05) is 13.1 Å². The molecule has 3 N–H and O–H groups in total. The van der Waals surface area contributed by atoms with Gasteiger partial charge in [0.15, 0.2) is 0 Å². The summed E-state index contributed by atoms with van der Waals surface area (Å²) in [5.74, 6) is -0.155. The van der Waals surface area contributed by atoms with Crippen LogP contribution in [0.15, 0.2) is 24.3 Å². The fourth-order valence-corrected chi connectivity index (χ4v) is 2.80. The Kier molecular flexibility index (Phi) is 5.99. The smallest absolute Gasteiger partial charge is 0.251 e. The van der Waals surface area contributed by atoms with Gasteiger partial charge in [-0.15, -0.1) is 0 Å². The van der Waals surface area contributed by atoms with Crippen LogP contribution in [0.5, 0.6) is 0 Å². The molecule has 0 aromatic heterocycles. The summed E-state index contributed by atoms with van der Waals surface area (Å²) >= 11 is 0. The molecule has 5 heteroatoms. The van der Waals surface area contributed by atoms with Gasteiger partial charge in [0, 0.05) is 30.1 Å². The molecule has 0 radical (unpaired) electrons. The van der Waals surface area contributed by atoms with Crippen LogP contribution in [0.2, 0.25) is 0 Å². The van der Waals surface area contributed by atoms with Crippen molar-refractivity contribution in [1.29, 1.82) is 0 Å². The van der Waals surface area contributed by atoms with Gasteiger partial charge in [0.1, 0.15) is 0 Å². The van der Waals surface area contributed by atoms with Gasteiger partial charge in [-0.3, -0.25) is 9.59 Å². The number of hydrogen-bond donors (Lipinski definition) is 3. The lowest BCUT2D eigenvalue weighted by Crippen LogP contribution is -2.33. The Balaban J connectivity index is 1.86. The van der Waals surface area contributed by atoms with E-state index in [0.29, 0.717) is 24.2 Å². The van der Waals surface area contributed by atoms with Crippen LogP contribution in [-0.4, -0.2) is 36.1 Å². The molecule has 2 atom stereocenters. The van der Waals surface area contributed by atoms with Crippen molar-refractivity contribution in [1.82, 2.24) is 10.6 Å². The fraction of sp³-hybridized carbons (Fsp3) is 0.579. The maximum Gasteiger partial charge on any atom is 0.251 e. The van der Waals surface area contributed by atoms with Crippen molar-refractivity contribution in [2.24, 2.45) is 11.3 Å². The van der Waals surface area contributed by atoms with Crippen molar-refractivity contribution in [3.63, 3.8) is 0 Å². The number of benzene rings is 1. The Morgan fingerprint density at radius 2 is 1.58 bits per heavy atom. The molecule has 0 saturated heterocycles. The maximum atomic E-state index is 12.2. The first kappa shape index (κ1) is 18.5.